The first-order valence-electron chi connectivity index (χ1n) is 4.81. The number of nitrogens with two attached hydrogens (primary N) is 1. The van der Waals surface area contributed by atoms with Crippen LogP contribution >= 0.6 is 11.3 Å². The molecule has 1 atom stereocenters. The Balaban J connectivity index is 2.08. The number of anilines is 1. The Labute approximate surface area is 91.9 Å². The number of thiazole rings is 1. The van der Waals surface area contributed by atoms with Gasteiger partial charge in [0.2, 0.25) is 0 Å². The summed E-state index contributed by atoms with van der Waals surface area (Å²) in [6.45, 7) is 3.05. The van der Waals surface area contributed by atoms with E-state index in [1.54, 1.807) is 11.1 Å². The number of carbonyl (C=O) groups excluding carboxylic acids is 1. The maximum Gasteiger partial charge on any atom is 0.416 e. The molecule has 2 rings (SSSR count). The number of rotatable bonds is 3. The molecule has 1 amide bonds. The van der Waals surface area contributed by atoms with Crippen molar-refractivity contribution in [1.82, 2.24) is 4.98 Å². The highest BCUT2D eigenvalue weighted by atomic mass is 32.1. The lowest BCUT2D eigenvalue weighted by Crippen LogP contribution is -2.24. The first-order chi connectivity index (χ1) is 7.20. The Morgan fingerprint density at radius 1 is 1.80 bits per heavy atom. The fourth-order valence-electron chi connectivity index (χ4n) is 1.48. The quantitative estimate of drug-likeness (QED) is 0.840. The van der Waals surface area contributed by atoms with Crippen LogP contribution in [0.5, 0.6) is 0 Å². The minimum atomic E-state index is -0.317. The van der Waals surface area contributed by atoms with Crippen molar-refractivity contribution in [1.29, 1.82) is 0 Å². The van der Waals surface area contributed by atoms with Crippen LogP contribution in [0.3, 0.4) is 0 Å². The summed E-state index contributed by atoms with van der Waals surface area (Å²) in [4.78, 5) is 18.3. The Morgan fingerprint density at radius 2 is 2.60 bits per heavy atom. The van der Waals surface area contributed by atoms with Gasteiger partial charge >= 0.3 is 6.09 Å². The second-order valence-electron chi connectivity index (χ2n) is 3.45. The van der Waals surface area contributed by atoms with Gasteiger partial charge in [0.15, 0.2) is 5.13 Å². The maximum atomic E-state index is 11.5. The molecule has 0 aromatic carbocycles. The van der Waals surface area contributed by atoms with Gasteiger partial charge < -0.3 is 10.5 Å². The molecule has 1 saturated heterocycles. The third-order valence-electron chi connectivity index (χ3n) is 2.20. The average Bonchev–Trinajstić information content (AvgIpc) is 2.73. The molecule has 1 aromatic rings. The summed E-state index contributed by atoms with van der Waals surface area (Å²) in [5, 5.41) is 0.706. The summed E-state index contributed by atoms with van der Waals surface area (Å²) in [7, 11) is 0. The SMILES string of the molecule is Cc1cnc(N2CC(CCN)OC2=O)s1. The van der Waals surface area contributed by atoms with E-state index in [2.05, 4.69) is 4.98 Å². The van der Waals surface area contributed by atoms with Crippen LogP contribution in [-0.4, -0.2) is 30.3 Å². The van der Waals surface area contributed by atoms with Gasteiger partial charge in [-0.2, -0.15) is 0 Å². The van der Waals surface area contributed by atoms with Crippen molar-refractivity contribution in [3.05, 3.63) is 11.1 Å². The zero-order valence-corrected chi connectivity index (χ0v) is 9.29. The molecule has 1 fully saturated rings. The van der Waals surface area contributed by atoms with Crippen LogP contribution in [0, 0.1) is 6.92 Å². The van der Waals surface area contributed by atoms with Crippen LogP contribution < -0.4 is 10.6 Å². The fraction of sp³-hybridized carbons (Fsp3) is 0.556. The summed E-state index contributed by atoms with van der Waals surface area (Å²) >= 11 is 1.49. The largest absolute Gasteiger partial charge is 0.444 e. The Morgan fingerprint density at radius 3 is 3.20 bits per heavy atom. The van der Waals surface area contributed by atoms with Gasteiger partial charge in [-0.15, -0.1) is 11.3 Å². The minimum absolute atomic E-state index is 0.0910. The molecule has 1 aromatic heterocycles. The van der Waals surface area contributed by atoms with Crippen LogP contribution in [0.4, 0.5) is 9.93 Å². The number of aryl methyl sites for hydroxylation is 1. The maximum absolute atomic E-state index is 11.5. The predicted molar refractivity (Wildman–Crippen MR) is 58.1 cm³/mol. The number of amides is 1. The van der Waals surface area contributed by atoms with Crippen molar-refractivity contribution >= 4 is 22.6 Å². The molecule has 0 saturated carbocycles. The van der Waals surface area contributed by atoms with Crippen LogP contribution in [0.15, 0.2) is 6.20 Å². The Hall–Kier alpha value is -1.14. The molecular weight excluding hydrogens is 214 g/mol. The molecule has 0 bridgehead atoms. The van der Waals surface area contributed by atoms with Crippen molar-refractivity contribution in [2.24, 2.45) is 5.73 Å². The Bertz CT molecular complexity index is 366. The van der Waals surface area contributed by atoms with Gasteiger partial charge in [-0.05, 0) is 19.9 Å². The number of ether oxygens (including phenoxy) is 1. The lowest BCUT2D eigenvalue weighted by molar-refractivity contribution is 0.138. The van der Waals surface area contributed by atoms with Crippen molar-refractivity contribution in [3.8, 4) is 0 Å². The number of carbonyl (C=O) groups is 1. The van der Waals surface area contributed by atoms with E-state index in [1.807, 2.05) is 6.92 Å². The standard InChI is InChI=1S/C9H13N3O2S/c1-6-4-11-8(15-6)12-5-7(2-3-10)14-9(12)13/h4,7H,2-3,5,10H2,1H3. The van der Waals surface area contributed by atoms with Crippen molar-refractivity contribution in [2.45, 2.75) is 19.4 Å². The van der Waals surface area contributed by atoms with E-state index >= 15 is 0 Å². The van der Waals surface area contributed by atoms with Crippen LogP contribution in [0.2, 0.25) is 0 Å². The van der Waals surface area contributed by atoms with E-state index in [-0.39, 0.29) is 12.2 Å². The number of aromatic nitrogens is 1. The summed E-state index contributed by atoms with van der Waals surface area (Å²) in [5.74, 6) is 0. The molecule has 2 N–H and O–H groups in total. The first-order valence-corrected chi connectivity index (χ1v) is 5.63. The van der Waals surface area contributed by atoms with E-state index in [0.29, 0.717) is 24.6 Å². The van der Waals surface area contributed by atoms with Crippen molar-refractivity contribution < 1.29 is 9.53 Å². The molecule has 1 aliphatic heterocycles. The van der Waals surface area contributed by atoms with Crippen molar-refractivity contribution in [2.75, 3.05) is 18.0 Å². The lowest BCUT2D eigenvalue weighted by Gasteiger charge is -2.07. The second-order valence-corrected chi connectivity index (χ2v) is 4.66. The molecule has 0 radical (unpaired) electrons. The lowest BCUT2D eigenvalue weighted by atomic mass is 10.2. The molecule has 1 unspecified atom stereocenters. The molecule has 1 aliphatic rings. The predicted octanol–water partition coefficient (Wildman–Crippen LogP) is 1.13. The Kier molecular flexibility index (Phi) is 2.88. The van der Waals surface area contributed by atoms with Gasteiger partial charge in [-0.25, -0.2) is 14.7 Å². The molecule has 0 spiro atoms. The van der Waals surface area contributed by atoms with Gasteiger partial charge in [-0.1, -0.05) is 0 Å². The number of hydrogen-bond acceptors (Lipinski definition) is 5. The van der Waals surface area contributed by atoms with Crippen molar-refractivity contribution in [3.63, 3.8) is 0 Å². The fourth-order valence-corrected chi connectivity index (χ4v) is 2.24. The van der Waals surface area contributed by atoms with Gasteiger partial charge in [-0.3, -0.25) is 0 Å². The van der Waals surface area contributed by atoms with Gasteiger partial charge in [0.1, 0.15) is 6.10 Å². The second kappa shape index (κ2) is 4.16. The summed E-state index contributed by atoms with van der Waals surface area (Å²) < 4.78 is 5.15. The van der Waals surface area contributed by atoms with Crippen LogP contribution in [0.25, 0.3) is 0 Å². The van der Waals surface area contributed by atoms with E-state index in [4.69, 9.17) is 10.5 Å². The minimum Gasteiger partial charge on any atom is -0.444 e. The average molecular weight is 227 g/mol. The number of cyclic esters (lactones) is 1. The summed E-state index contributed by atoms with van der Waals surface area (Å²) in [5.41, 5.74) is 5.42. The molecule has 0 aliphatic carbocycles. The zero-order chi connectivity index (χ0) is 10.8. The molecule has 5 nitrogen and oxygen atoms in total. The highest BCUT2D eigenvalue weighted by Crippen LogP contribution is 2.26. The van der Waals surface area contributed by atoms with E-state index in [0.717, 1.165) is 4.88 Å². The van der Waals surface area contributed by atoms with Gasteiger partial charge in [0.25, 0.3) is 0 Å². The molecule has 2 heterocycles. The zero-order valence-electron chi connectivity index (χ0n) is 8.47. The molecule has 6 heteroatoms. The molecule has 15 heavy (non-hydrogen) atoms. The first kappa shape index (κ1) is 10.4. The number of hydrogen-bond donors (Lipinski definition) is 1. The van der Waals surface area contributed by atoms with E-state index in [1.165, 1.54) is 11.3 Å². The number of nitrogens with zero attached hydrogens (tertiary/aromatic N) is 2. The van der Waals surface area contributed by atoms with Gasteiger partial charge in [0.05, 0.1) is 6.54 Å². The monoisotopic (exact) mass is 227 g/mol. The molecular formula is C9H13N3O2S. The van der Waals surface area contributed by atoms with E-state index in [9.17, 15) is 4.79 Å². The topological polar surface area (TPSA) is 68.5 Å². The summed E-state index contributed by atoms with van der Waals surface area (Å²) in [6, 6.07) is 0. The third-order valence-corrected chi connectivity index (χ3v) is 3.14. The van der Waals surface area contributed by atoms with Gasteiger partial charge in [0, 0.05) is 11.1 Å². The highest BCUT2D eigenvalue weighted by Gasteiger charge is 2.33. The summed E-state index contributed by atoms with van der Waals surface area (Å²) in [6.07, 6.45) is 2.05. The highest BCUT2D eigenvalue weighted by molar-refractivity contribution is 7.15. The van der Waals surface area contributed by atoms with E-state index < -0.39 is 0 Å². The third kappa shape index (κ3) is 2.10. The van der Waals surface area contributed by atoms with Crippen LogP contribution in [0.1, 0.15) is 11.3 Å². The normalized spacial score (nSPS) is 20.8. The smallest absolute Gasteiger partial charge is 0.416 e. The van der Waals surface area contributed by atoms with Crippen LogP contribution in [-0.2, 0) is 4.74 Å². The molecule has 82 valence electrons.